The zero-order valence-electron chi connectivity index (χ0n) is 19.6. The van der Waals surface area contributed by atoms with Crippen molar-refractivity contribution in [1.29, 1.82) is 0 Å². The van der Waals surface area contributed by atoms with Gasteiger partial charge in [0.05, 0.1) is 17.8 Å². The van der Waals surface area contributed by atoms with Crippen LogP contribution >= 0.6 is 0 Å². The Balaban J connectivity index is 0.000000485. The topological polar surface area (TPSA) is 104 Å². The molecule has 2 saturated carbocycles. The lowest BCUT2D eigenvalue weighted by molar-refractivity contribution is -0.137. The summed E-state index contributed by atoms with van der Waals surface area (Å²) in [5.41, 5.74) is -1.12. The third kappa shape index (κ3) is 2.03. The molecule has 3 saturated heterocycles. The van der Waals surface area contributed by atoms with Crippen LogP contribution in [0.4, 0.5) is 0 Å². The molecule has 31 heavy (non-hydrogen) atoms. The summed E-state index contributed by atoms with van der Waals surface area (Å²) in [6.07, 6.45) is -0.861. The SMILES string of the molecule is CC.CC.CC(C)[C@]12O[C@H]1[C@@H]1O[C@]13[C@]1(O[C@H]1CC1C4=C(C(=O)OC4)[C@@H](O)C[C@@]13C)[C@@H]2O. The number of ether oxygens (including phenoxy) is 4. The minimum absolute atomic E-state index is 0.0467. The second kappa shape index (κ2) is 6.32. The van der Waals surface area contributed by atoms with Crippen molar-refractivity contribution < 1.29 is 34.0 Å². The molecule has 0 aromatic heterocycles. The smallest absolute Gasteiger partial charge is 0.337 e. The standard InChI is InChI=1S/C20H24O7.2C2H6/c1-7(2)18-13(26-18)14-20(27-14)17(3)5-10(21)12-8(6-24-15(12)22)9(17)4-11-19(20,25-11)16(18)23;2*1-2/h7,9-11,13-14,16,21,23H,4-6H2,1-3H3;2*1-2H3/t9?,10-,11-,13-,14-,16+,17-,18-,19+,20+;;/m0../s1. The maximum absolute atomic E-state index is 12.1. The molecule has 7 nitrogen and oxygen atoms in total. The Hall–Kier alpha value is -0.990. The van der Waals surface area contributed by atoms with Gasteiger partial charge in [-0.2, -0.15) is 0 Å². The van der Waals surface area contributed by atoms with E-state index in [9.17, 15) is 15.0 Å². The van der Waals surface area contributed by atoms with Gasteiger partial charge in [0.1, 0.15) is 36.1 Å². The van der Waals surface area contributed by atoms with Crippen LogP contribution in [0.5, 0.6) is 0 Å². The first-order valence-corrected chi connectivity index (χ1v) is 12.1. The highest BCUT2D eigenvalue weighted by Crippen LogP contribution is 2.82. The van der Waals surface area contributed by atoms with Crippen LogP contribution in [0, 0.1) is 17.3 Å². The van der Waals surface area contributed by atoms with E-state index in [0.717, 1.165) is 5.57 Å². The summed E-state index contributed by atoms with van der Waals surface area (Å²) >= 11 is 0. The van der Waals surface area contributed by atoms with Crippen molar-refractivity contribution in [2.45, 2.75) is 109 Å². The number of esters is 1. The van der Waals surface area contributed by atoms with Crippen LogP contribution in [0.1, 0.15) is 61.3 Å². The highest BCUT2D eigenvalue weighted by molar-refractivity contribution is 5.93. The van der Waals surface area contributed by atoms with Gasteiger partial charge >= 0.3 is 5.97 Å². The van der Waals surface area contributed by atoms with Crippen LogP contribution in [0.25, 0.3) is 0 Å². The maximum atomic E-state index is 12.1. The first kappa shape index (κ1) is 21.8. The van der Waals surface area contributed by atoms with E-state index in [2.05, 4.69) is 20.8 Å². The molecule has 4 aliphatic heterocycles. The van der Waals surface area contributed by atoms with E-state index in [1.54, 1.807) is 0 Å². The van der Waals surface area contributed by atoms with Gasteiger partial charge in [0, 0.05) is 5.41 Å². The average molecular weight is 437 g/mol. The summed E-state index contributed by atoms with van der Waals surface area (Å²) in [4.78, 5) is 12.1. The van der Waals surface area contributed by atoms with Crippen molar-refractivity contribution >= 4 is 5.97 Å². The Morgan fingerprint density at radius 1 is 1.03 bits per heavy atom. The van der Waals surface area contributed by atoms with E-state index in [-0.39, 0.29) is 36.8 Å². The highest BCUT2D eigenvalue weighted by atomic mass is 16.7. The number of aliphatic hydroxyl groups is 2. The molecule has 0 amide bonds. The molecule has 5 fully saturated rings. The molecule has 2 spiro atoms. The molecule has 1 unspecified atom stereocenters. The molecule has 0 bridgehead atoms. The Kier molecular flexibility index (Phi) is 4.45. The lowest BCUT2D eigenvalue weighted by Gasteiger charge is -2.54. The lowest BCUT2D eigenvalue weighted by atomic mass is 9.46. The van der Waals surface area contributed by atoms with E-state index in [1.807, 2.05) is 27.7 Å². The molecule has 10 atom stereocenters. The third-order valence-electron chi connectivity index (χ3n) is 9.09. The molecular weight excluding hydrogens is 400 g/mol. The van der Waals surface area contributed by atoms with Gasteiger partial charge in [-0.1, -0.05) is 48.5 Å². The number of aliphatic hydroxyl groups excluding tert-OH is 2. The van der Waals surface area contributed by atoms with Crippen LogP contribution in [-0.4, -0.2) is 70.1 Å². The highest BCUT2D eigenvalue weighted by Gasteiger charge is 3.00. The quantitative estimate of drug-likeness (QED) is 0.479. The number of hydrogen-bond acceptors (Lipinski definition) is 7. The first-order chi connectivity index (χ1) is 14.8. The molecule has 2 N–H and O–H groups in total. The van der Waals surface area contributed by atoms with Gasteiger partial charge in [0.25, 0.3) is 0 Å². The van der Waals surface area contributed by atoms with Gasteiger partial charge in [0.2, 0.25) is 0 Å². The summed E-state index contributed by atoms with van der Waals surface area (Å²) in [6, 6.07) is 0. The van der Waals surface area contributed by atoms with E-state index in [1.165, 1.54) is 0 Å². The summed E-state index contributed by atoms with van der Waals surface area (Å²) in [5.74, 6) is -0.186. The normalized spacial score (nSPS) is 56.1. The van der Waals surface area contributed by atoms with E-state index >= 15 is 0 Å². The summed E-state index contributed by atoms with van der Waals surface area (Å²) in [7, 11) is 0. The summed E-state index contributed by atoms with van der Waals surface area (Å²) in [5, 5.41) is 22.3. The number of epoxide rings is 3. The summed E-state index contributed by atoms with van der Waals surface area (Å²) < 4.78 is 24.1. The molecule has 174 valence electrons. The minimum Gasteiger partial charge on any atom is -0.458 e. The zero-order valence-corrected chi connectivity index (χ0v) is 19.6. The van der Waals surface area contributed by atoms with E-state index < -0.39 is 40.4 Å². The molecule has 7 rings (SSSR count). The van der Waals surface area contributed by atoms with Crippen molar-refractivity contribution in [1.82, 2.24) is 0 Å². The van der Waals surface area contributed by atoms with Crippen LogP contribution in [0.2, 0.25) is 0 Å². The van der Waals surface area contributed by atoms with Crippen molar-refractivity contribution in [3.63, 3.8) is 0 Å². The van der Waals surface area contributed by atoms with Crippen molar-refractivity contribution in [2.75, 3.05) is 6.61 Å². The second-order valence-electron chi connectivity index (χ2n) is 10.1. The Morgan fingerprint density at radius 3 is 2.35 bits per heavy atom. The van der Waals surface area contributed by atoms with Crippen LogP contribution in [0.15, 0.2) is 11.1 Å². The summed E-state index contributed by atoms with van der Waals surface area (Å²) in [6.45, 7) is 14.5. The van der Waals surface area contributed by atoms with E-state index in [4.69, 9.17) is 18.9 Å². The molecular formula is C24H36O7. The molecule has 3 aliphatic carbocycles. The monoisotopic (exact) mass is 436 g/mol. The largest absolute Gasteiger partial charge is 0.458 e. The van der Waals surface area contributed by atoms with Crippen LogP contribution in [0.3, 0.4) is 0 Å². The number of cyclic esters (lactones) is 1. The zero-order chi connectivity index (χ0) is 22.7. The number of carbonyl (C=O) groups is 1. The van der Waals surface area contributed by atoms with Gasteiger partial charge < -0.3 is 29.2 Å². The molecule has 0 radical (unpaired) electrons. The number of rotatable bonds is 1. The second-order valence-corrected chi connectivity index (χ2v) is 10.1. The first-order valence-electron chi connectivity index (χ1n) is 12.1. The van der Waals surface area contributed by atoms with Gasteiger partial charge in [-0.05, 0) is 30.3 Å². The van der Waals surface area contributed by atoms with Crippen LogP contribution < -0.4 is 0 Å². The molecule has 0 aromatic carbocycles. The third-order valence-corrected chi connectivity index (χ3v) is 9.09. The lowest BCUT2D eigenvalue weighted by Crippen LogP contribution is -2.69. The number of carbonyl (C=O) groups excluding carboxylic acids is 1. The Morgan fingerprint density at radius 2 is 1.71 bits per heavy atom. The van der Waals surface area contributed by atoms with Gasteiger partial charge in [-0.15, -0.1) is 0 Å². The number of hydrogen-bond donors (Lipinski definition) is 2. The van der Waals surface area contributed by atoms with Gasteiger partial charge in [0.15, 0.2) is 5.60 Å². The molecule has 4 heterocycles. The average Bonchev–Trinajstić information content (AvgIpc) is 3.65. The Labute approximate surface area is 184 Å². The van der Waals surface area contributed by atoms with Crippen molar-refractivity contribution in [2.24, 2.45) is 17.3 Å². The molecule has 7 aliphatic rings. The van der Waals surface area contributed by atoms with Gasteiger partial charge in [-0.25, -0.2) is 4.79 Å². The van der Waals surface area contributed by atoms with Crippen molar-refractivity contribution in [3.8, 4) is 0 Å². The number of fused-ring (bicyclic) bond motifs is 4. The maximum Gasteiger partial charge on any atom is 0.337 e. The minimum atomic E-state index is -0.864. The Bertz CT molecular complexity index is 853. The van der Waals surface area contributed by atoms with Crippen molar-refractivity contribution in [3.05, 3.63) is 11.1 Å². The fourth-order valence-corrected chi connectivity index (χ4v) is 7.80. The van der Waals surface area contributed by atoms with Crippen LogP contribution in [-0.2, 0) is 23.7 Å². The fraction of sp³-hybridized carbons (Fsp3) is 0.875. The molecule has 7 heteroatoms. The fourth-order valence-electron chi connectivity index (χ4n) is 7.80. The van der Waals surface area contributed by atoms with E-state index in [0.29, 0.717) is 18.4 Å². The predicted molar refractivity (Wildman–Crippen MR) is 111 cm³/mol. The predicted octanol–water partition coefficient (Wildman–Crippen LogP) is 2.13. The van der Waals surface area contributed by atoms with Gasteiger partial charge in [-0.3, -0.25) is 0 Å². The molecule has 0 aromatic rings.